The summed E-state index contributed by atoms with van der Waals surface area (Å²) in [7, 11) is 0. The van der Waals surface area contributed by atoms with Crippen molar-refractivity contribution in [2.75, 3.05) is 0 Å². The Labute approximate surface area is 158 Å². The number of primary amides is 1. The van der Waals surface area contributed by atoms with E-state index in [4.69, 9.17) is 22.1 Å². The lowest BCUT2D eigenvalue weighted by Gasteiger charge is -2.31. The van der Waals surface area contributed by atoms with E-state index in [9.17, 15) is 19.7 Å². The summed E-state index contributed by atoms with van der Waals surface area (Å²) in [5, 5.41) is 11.0. The summed E-state index contributed by atoms with van der Waals surface area (Å²) in [6, 6.07) is 2.37. The third-order valence-electron chi connectivity index (χ3n) is 4.22. The molecule has 0 aliphatic carbocycles. The topological polar surface area (TPSA) is 113 Å². The Kier molecular flexibility index (Phi) is 8.51. The first-order valence-electron chi connectivity index (χ1n) is 8.63. The maximum atomic E-state index is 11.2. The number of unbranched alkanes of at least 4 members (excludes halogenated alkanes) is 3. The van der Waals surface area contributed by atoms with Gasteiger partial charge in [-0.25, -0.2) is 0 Å². The minimum absolute atomic E-state index is 0.0427. The monoisotopic (exact) mass is 384 g/mol. The summed E-state index contributed by atoms with van der Waals surface area (Å²) >= 11 is 6.12. The molecule has 1 atom stereocenters. The quantitative estimate of drug-likeness (QED) is 0.248. The number of nitro benzene ring substituents is 1. The van der Waals surface area contributed by atoms with Crippen molar-refractivity contribution >= 4 is 29.5 Å². The molecule has 1 amide bonds. The summed E-state index contributed by atoms with van der Waals surface area (Å²) in [5.41, 5.74) is 4.05. The molecule has 0 spiro atoms. The minimum atomic E-state index is -0.720. The van der Waals surface area contributed by atoms with Gasteiger partial charge in [0, 0.05) is 12.5 Å². The van der Waals surface area contributed by atoms with Gasteiger partial charge in [-0.2, -0.15) is 0 Å². The number of rotatable bonds is 12. The summed E-state index contributed by atoms with van der Waals surface area (Å²) in [6.45, 7) is 3.96. The number of amides is 1. The first-order chi connectivity index (χ1) is 12.2. The standard InChI is InChI=1S/C18H25ClN2O5/c1-3-4-5-6-8-18(2,9-7-17(20)23)26-16-10-13(12-22)15(21(24)25)11-14(16)19/h10-12H,3-9H2,1-2H3,(H2,20,23). The number of carbonyl (C=O) groups excluding carboxylic acids is 2. The van der Waals surface area contributed by atoms with E-state index < -0.39 is 16.4 Å². The third-order valence-corrected chi connectivity index (χ3v) is 4.52. The van der Waals surface area contributed by atoms with Gasteiger partial charge < -0.3 is 10.5 Å². The molecule has 1 rings (SSSR count). The minimum Gasteiger partial charge on any atom is -0.486 e. The second-order valence-corrected chi connectivity index (χ2v) is 6.95. The number of hydrogen-bond donors (Lipinski definition) is 1. The van der Waals surface area contributed by atoms with Crippen molar-refractivity contribution in [3.63, 3.8) is 0 Å². The van der Waals surface area contributed by atoms with Gasteiger partial charge >= 0.3 is 0 Å². The average molecular weight is 385 g/mol. The van der Waals surface area contributed by atoms with Crippen LogP contribution in [0.4, 0.5) is 5.69 Å². The Morgan fingerprint density at radius 1 is 1.35 bits per heavy atom. The SMILES string of the molecule is CCCCCCC(C)(CCC(N)=O)Oc1cc(C=O)c([N+](=O)[O-])cc1Cl. The van der Waals surface area contributed by atoms with Crippen molar-refractivity contribution < 1.29 is 19.2 Å². The fraction of sp³-hybridized carbons (Fsp3) is 0.556. The molecule has 1 aromatic rings. The Bertz CT molecular complexity index is 665. The van der Waals surface area contributed by atoms with Gasteiger partial charge in [-0.05, 0) is 32.3 Å². The maximum absolute atomic E-state index is 11.2. The first-order valence-corrected chi connectivity index (χ1v) is 9.00. The molecule has 0 aliphatic rings. The van der Waals surface area contributed by atoms with Crippen molar-refractivity contribution in [3.05, 3.63) is 32.8 Å². The smallest absolute Gasteiger partial charge is 0.281 e. The highest BCUT2D eigenvalue weighted by atomic mass is 35.5. The number of hydrogen-bond acceptors (Lipinski definition) is 5. The molecule has 2 N–H and O–H groups in total. The van der Waals surface area contributed by atoms with E-state index >= 15 is 0 Å². The summed E-state index contributed by atoms with van der Waals surface area (Å²) in [5.74, 6) is -0.251. The molecular formula is C18H25ClN2O5. The van der Waals surface area contributed by atoms with E-state index in [1.807, 2.05) is 6.92 Å². The number of nitrogens with two attached hydrogens (primary N) is 1. The van der Waals surface area contributed by atoms with E-state index in [-0.39, 0.29) is 28.4 Å². The zero-order valence-corrected chi connectivity index (χ0v) is 15.9. The molecule has 26 heavy (non-hydrogen) atoms. The molecule has 0 bridgehead atoms. The van der Waals surface area contributed by atoms with Crippen LogP contribution in [0.5, 0.6) is 5.75 Å². The molecule has 0 fully saturated rings. The van der Waals surface area contributed by atoms with Gasteiger partial charge in [-0.1, -0.05) is 37.8 Å². The number of nitro groups is 1. The van der Waals surface area contributed by atoms with Crippen LogP contribution < -0.4 is 10.5 Å². The number of aldehydes is 1. The van der Waals surface area contributed by atoms with Crippen molar-refractivity contribution in [2.24, 2.45) is 5.73 Å². The fourth-order valence-electron chi connectivity index (χ4n) is 2.70. The predicted molar refractivity (Wildman–Crippen MR) is 99.7 cm³/mol. The Morgan fingerprint density at radius 3 is 2.58 bits per heavy atom. The highest BCUT2D eigenvalue weighted by molar-refractivity contribution is 6.32. The highest BCUT2D eigenvalue weighted by Gasteiger charge is 2.29. The normalized spacial score (nSPS) is 13.0. The summed E-state index contributed by atoms with van der Waals surface area (Å²) in [6.07, 6.45) is 5.71. The van der Waals surface area contributed by atoms with E-state index in [1.54, 1.807) is 0 Å². The van der Waals surface area contributed by atoms with Crippen LogP contribution in [0.1, 0.15) is 69.2 Å². The fourth-order valence-corrected chi connectivity index (χ4v) is 2.89. The van der Waals surface area contributed by atoms with Gasteiger partial charge in [0.2, 0.25) is 5.91 Å². The maximum Gasteiger partial charge on any atom is 0.281 e. The zero-order chi connectivity index (χ0) is 19.7. The zero-order valence-electron chi connectivity index (χ0n) is 15.1. The van der Waals surface area contributed by atoms with E-state index in [2.05, 4.69) is 6.92 Å². The highest BCUT2D eigenvalue weighted by Crippen LogP contribution is 2.36. The molecule has 1 unspecified atom stereocenters. The molecule has 0 radical (unpaired) electrons. The Hall–Kier alpha value is -2.15. The van der Waals surface area contributed by atoms with Crippen LogP contribution in [-0.2, 0) is 4.79 Å². The summed E-state index contributed by atoms with van der Waals surface area (Å²) in [4.78, 5) is 32.7. The van der Waals surface area contributed by atoms with E-state index in [0.717, 1.165) is 31.7 Å². The second kappa shape index (κ2) is 10.1. The average Bonchev–Trinajstić information content (AvgIpc) is 2.58. The first kappa shape index (κ1) is 21.9. The molecule has 7 nitrogen and oxygen atoms in total. The van der Waals surface area contributed by atoms with E-state index in [0.29, 0.717) is 19.1 Å². The molecule has 1 aromatic carbocycles. The van der Waals surface area contributed by atoms with Crippen LogP contribution in [0.3, 0.4) is 0 Å². The van der Waals surface area contributed by atoms with Gasteiger partial charge in [0.1, 0.15) is 11.4 Å². The van der Waals surface area contributed by atoms with Crippen LogP contribution in [0.2, 0.25) is 5.02 Å². The van der Waals surface area contributed by atoms with Gasteiger partial charge in [-0.3, -0.25) is 19.7 Å². The predicted octanol–water partition coefficient (Wildman–Crippen LogP) is 4.43. The van der Waals surface area contributed by atoms with Crippen molar-refractivity contribution in [3.8, 4) is 5.75 Å². The van der Waals surface area contributed by atoms with Crippen LogP contribution in [0.15, 0.2) is 12.1 Å². The second-order valence-electron chi connectivity index (χ2n) is 6.55. The van der Waals surface area contributed by atoms with Crippen LogP contribution in [0, 0.1) is 10.1 Å². The number of benzene rings is 1. The molecular weight excluding hydrogens is 360 g/mol. The molecule has 144 valence electrons. The van der Waals surface area contributed by atoms with Crippen LogP contribution >= 0.6 is 11.6 Å². The largest absolute Gasteiger partial charge is 0.486 e. The lowest BCUT2D eigenvalue weighted by molar-refractivity contribution is -0.385. The third kappa shape index (κ3) is 6.63. The lowest BCUT2D eigenvalue weighted by Crippen LogP contribution is -2.34. The van der Waals surface area contributed by atoms with Gasteiger partial charge in [0.25, 0.3) is 5.69 Å². The molecule has 0 aromatic heterocycles. The van der Waals surface area contributed by atoms with Crippen molar-refractivity contribution in [1.29, 1.82) is 0 Å². The Morgan fingerprint density at radius 2 is 2.04 bits per heavy atom. The van der Waals surface area contributed by atoms with Gasteiger partial charge in [0.15, 0.2) is 6.29 Å². The lowest BCUT2D eigenvalue weighted by atomic mass is 9.92. The van der Waals surface area contributed by atoms with Gasteiger partial charge in [-0.15, -0.1) is 0 Å². The Balaban J connectivity index is 3.06. The molecule has 0 saturated carbocycles. The van der Waals surface area contributed by atoms with Crippen LogP contribution in [0.25, 0.3) is 0 Å². The molecule has 0 heterocycles. The summed E-state index contributed by atoms with van der Waals surface area (Å²) < 4.78 is 6.02. The number of nitrogens with zero attached hydrogens (tertiary/aromatic N) is 1. The number of carbonyl (C=O) groups is 2. The van der Waals surface area contributed by atoms with Crippen LogP contribution in [-0.4, -0.2) is 22.7 Å². The number of ether oxygens (including phenoxy) is 1. The molecule has 0 saturated heterocycles. The van der Waals surface area contributed by atoms with E-state index in [1.165, 1.54) is 6.07 Å². The van der Waals surface area contributed by atoms with Gasteiger partial charge in [0.05, 0.1) is 15.5 Å². The molecule has 0 aliphatic heterocycles. The number of halogens is 1. The van der Waals surface area contributed by atoms with Crippen molar-refractivity contribution in [2.45, 2.75) is 64.4 Å². The van der Waals surface area contributed by atoms with Crippen molar-refractivity contribution in [1.82, 2.24) is 0 Å². The molecule has 8 heteroatoms.